The van der Waals surface area contributed by atoms with E-state index in [1.807, 2.05) is 4.90 Å². The van der Waals surface area contributed by atoms with Crippen molar-refractivity contribution in [1.82, 2.24) is 19.8 Å². The lowest BCUT2D eigenvalue weighted by atomic mass is 9.88. The van der Waals surface area contributed by atoms with E-state index in [9.17, 15) is 9.59 Å². The molecule has 148 valence electrons. The summed E-state index contributed by atoms with van der Waals surface area (Å²) in [5.74, 6) is 1.55. The van der Waals surface area contributed by atoms with Gasteiger partial charge in [0.25, 0.3) is 5.56 Å². The number of fused-ring (bicyclic) bond motifs is 1. The van der Waals surface area contributed by atoms with E-state index in [4.69, 9.17) is 4.98 Å². The molecule has 1 aliphatic carbocycles. The summed E-state index contributed by atoms with van der Waals surface area (Å²) in [5.41, 5.74) is 1.78. The van der Waals surface area contributed by atoms with Gasteiger partial charge in [-0.2, -0.15) is 0 Å². The number of aromatic nitrogens is 2. The summed E-state index contributed by atoms with van der Waals surface area (Å²) in [4.78, 5) is 37.0. The number of rotatable bonds is 3. The highest BCUT2D eigenvalue weighted by atomic mass is 16.2. The van der Waals surface area contributed by atoms with Crippen molar-refractivity contribution in [3.63, 3.8) is 0 Å². The van der Waals surface area contributed by atoms with Gasteiger partial charge in [-0.05, 0) is 38.0 Å². The molecule has 1 amide bonds. The second kappa shape index (κ2) is 8.13. The first-order valence-corrected chi connectivity index (χ1v) is 10.7. The molecule has 2 fully saturated rings. The molecule has 1 aromatic rings. The SMILES string of the molecule is CC(=O)N1CCCC[C@@H]1c1nc2c(c(=O)[nH]1)CN(CC1CCCCC1)CC2. The molecule has 6 heteroatoms. The molecule has 1 aromatic heterocycles. The van der Waals surface area contributed by atoms with Crippen LogP contribution in [0.2, 0.25) is 0 Å². The summed E-state index contributed by atoms with van der Waals surface area (Å²) in [6.45, 7) is 5.19. The Morgan fingerprint density at radius 2 is 1.89 bits per heavy atom. The van der Waals surface area contributed by atoms with Crippen molar-refractivity contribution < 1.29 is 4.79 Å². The van der Waals surface area contributed by atoms with Gasteiger partial charge in [-0.25, -0.2) is 4.98 Å². The molecule has 1 saturated heterocycles. The number of carbonyl (C=O) groups excluding carboxylic acids is 1. The molecule has 6 nitrogen and oxygen atoms in total. The van der Waals surface area contributed by atoms with Gasteiger partial charge in [0.2, 0.25) is 5.91 Å². The predicted octanol–water partition coefficient (Wildman–Crippen LogP) is 2.78. The Balaban J connectivity index is 1.51. The summed E-state index contributed by atoms with van der Waals surface area (Å²) in [6.07, 6.45) is 10.6. The molecule has 1 N–H and O–H groups in total. The third-order valence-corrected chi connectivity index (χ3v) is 6.63. The van der Waals surface area contributed by atoms with Crippen LogP contribution in [0.3, 0.4) is 0 Å². The lowest BCUT2D eigenvalue weighted by Gasteiger charge is -2.35. The van der Waals surface area contributed by atoms with E-state index in [1.165, 1.54) is 32.1 Å². The molecule has 4 rings (SSSR count). The Bertz CT molecular complexity index is 738. The minimum atomic E-state index is -0.0745. The molecule has 3 aliphatic rings. The van der Waals surface area contributed by atoms with E-state index in [0.29, 0.717) is 5.82 Å². The maximum Gasteiger partial charge on any atom is 0.255 e. The average molecular weight is 373 g/mol. The fourth-order valence-corrected chi connectivity index (χ4v) is 5.14. The minimum Gasteiger partial charge on any atom is -0.333 e. The number of hydrogen-bond acceptors (Lipinski definition) is 4. The van der Waals surface area contributed by atoms with Crippen molar-refractivity contribution in [3.8, 4) is 0 Å². The van der Waals surface area contributed by atoms with Crippen molar-refractivity contribution in [1.29, 1.82) is 0 Å². The topological polar surface area (TPSA) is 69.3 Å². The van der Waals surface area contributed by atoms with Crippen molar-refractivity contribution in [3.05, 3.63) is 27.4 Å². The Morgan fingerprint density at radius 1 is 1.11 bits per heavy atom. The second-order valence-corrected chi connectivity index (χ2v) is 8.59. The van der Waals surface area contributed by atoms with Gasteiger partial charge in [0.1, 0.15) is 5.82 Å². The van der Waals surface area contributed by atoms with E-state index in [1.54, 1.807) is 6.92 Å². The molecule has 1 atom stereocenters. The number of hydrogen-bond donors (Lipinski definition) is 1. The fourth-order valence-electron chi connectivity index (χ4n) is 5.14. The van der Waals surface area contributed by atoms with Crippen LogP contribution in [-0.4, -0.2) is 45.3 Å². The zero-order valence-corrected chi connectivity index (χ0v) is 16.5. The van der Waals surface area contributed by atoms with Crippen molar-refractivity contribution in [2.45, 2.75) is 77.3 Å². The van der Waals surface area contributed by atoms with E-state index in [-0.39, 0.29) is 17.5 Å². The smallest absolute Gasteiger partial charge is 0.255 e. The highest BCUT2D eigenvalue weighted by Gasteiger charge is 2.30. The van der Waals surface area contributed by atoms with Crippen LogP contribution in [0.1, 0.15) is 81.4 Å². The summed E-state index contributed by atoms with van der Waals surface area (Å²) in [7, 11) is 0. The summed E-state index contributed by atoms with van der Waals surface area (Å²) in [5, 5.41) is 0. The Hall–Kier alpha value is -1.69. The number of piperidine rings is 1. The fraction of sp³-hybridized carbons (Fsp3) is 0.762. The first kappa shape index (κ1) is 18.7. The first-order chi connectivity index (χ1) is 13.1. The summed E-state index contributed by atoms with van der Waals surface area (Å²) < 4.78 is 0. The highest BCUT2D eigenvalue weighted by Crippen LogP contribution is 2.30. The van der Waals surface area contributed by atoms with E-state index >= 15 is 0 Å². The van der Waals surface area contributed by atoms with Crippen LogP contribution in [-0.2, 0) is 17.8 Å². The molecular weight excluding hydrogens is 340 g/mol. The van der Waals surface area contributed by atoms with Gasteiger partial charge in [0, 0.05) is 39.5 Å². The van der Waals surface area contributed by atoms with Gasteiger partial charge >= 0.3 is 0 Å². The van der Waals surface area contributed by atoms with E-state index < -0.39 is 0 Å². The van der Waals surface area contributed by atoms with Crippen LogP contribution >= 0.6 is 0 Å². The molecule has 0 bridgehead atoms. The van der Waals surface area contributed by atoms with Crippen LogP contribution in [0, 0.1) is 5.92 Å². The standard InChI is InChI=1S/C21H32N4O2/c1-15(26)25-11-6-5-9-19(25)20-22-18-10-12-24(14-17(18)21(27)23-20)13-16-7-3-2-4-8-16/h16,19H,2-14H2,1H3,(H,22,23,27)/t19-/m1/s1. The van der Waals surface area contributed by atoms with Crippen LogP contribution < -0.4 is 5.56 Å². The third-order valence-electron chi connectivity index (χ3n) is 6.63. The van der Waals surface area contributed by atoms with Gasteiger partial charge in [-0.3, -0.25) is 14.5 Å². The summed E-state index contributed by atoms with van der Waals surface area (Å²) in [6, 6.07) is -0.0745. The quantitative estimate of drug-likeness (QED) is 0.886. The van der Waals surface area contributed by atoms with Gasteiger partial charge < -0.3 is 9.88 Å². The van der Waals surface area contributed by atoms with Gasteiger partial charge in [-0.1, -0.05) is 19.3 Å². The Labute approximate surface area is 161 Å². The molecule has 3 heterocycles. The van der Waals surface area contributed by atoms with Crippen LogP contribution in [0.4, 0.5) is 0 Å². The van der Waals surface area contributed by atoms with Gasteiger partial charge in [0.05, 0.1) is 17.3 Å². The molecule has 0 unspecified atom stereocenters. The number of carbonyl (C=O) groups is 1. The van der Waals surface area contributed by atoms with E-state index in [2.05, 4.69) is 9.88 Å². The lowest BCUT2D eigenvalue weighted by molar-refractivity contribution is -0.132. The third kappa shape index (κ3) is 4.10. The number of amides is 1. The normalized spacial score (nSPS) is 24.6. The van der Waals surface area contributed by atoms with Crippen LogP contribution in [0.5, 0.6) is 0 Å². The molecule has 27 heavy (non-hydrogen) atoms. The Morgan fingerprint density at radius 3 is 2.67 bits per heavy atom. The number of aromatic amines is 1. The number of H-pyrrole nitrogens is 1. The molecule has 2 aliphatic heterocycles. The van der Waals surface area contributed by atoms with Gasteiger partial charge in [0.15, 0.2) is 0 Å². The number of likely N-dealkylation sites (tertiary alicyclic amines) is 1. The molecule has 0 spiro atoms. The molecule has 0 aromatic carbocycles. The monoisotopic (exact) mass is 372 g/mol. The zero-order chi connectivity index (χ0) is 18.8. The van der Waals surface area contributed by atoms with Crippen LogP contribution in [0.15, 0.2) is 4.79 Å². The highest BCUT2D eigenvalue weighted by molar-refractivity contribution is 5.73. The largest absolute Gasteiger partial charge is 0.333 e. The van der Waals surface area contributed by atoms with Gasteiger partial charge in [-0.15, -0.1) is 0 Å². The van der Waals surface area contributed by atoms with Crippen molar-refractivity contribution >= 4 is 5.91 Å². The van der Waals surface area contributed by atoms with Crippen molar-refractivity contribution in [2.75, 3.05) is 19.6 Å². The maximum atomic E-state index is 12.8. The lowest BCUT2D eigenvalue weighted by Crippen LogP contribution is -2.41. The first-order valence-electron chi connectivity index (χ1n) is 10.7. The van der Waals surface area contributed by atoms with Crippen molar-refractivity contribution in [2.24, 2.45) is 5.92 Å². The Kier molecular flexibility index (Phi) is 5.62. The molecule has 0 radical (unpaired) electrons. The van der Waals surface area contributed by atoms with E-state index in [0.717, 1.165) is 69.0 Å². The zero-order valence-electron chi connectivity index (χ0n) is 16.5. The predicted molar refractivity (Wildman–Crippen MR) is 104 cm³/mol. The average Bonchev–Trinajstić information content (AvgIpc) is 2.69. The second-order valence-electron chi connectivity index (χ2n) is 8.59. The number of nitrogens with one attached hydrogen (secondary N) is 1. The summed E-state index contributed by atoms with van der Waals surface area (Å²) >= 11 is 0. The minimum absolute atomic E-state index is 0.00239. The van der Waals surface area contributed by atoms with Crippen LogP contribution in [0.25, 0.3) is 0 Å². The molecule has 1 saturated carbocycles. The molecular formula is C21H32N4O2. The number of nitrogens with zero attached hydrogens (tertiary/aromatic N) is 3. The maximum absolute atomic E-state index is 12.8.